The molecule has 1 fully saturated rings. The summed E-state index contributed by atoms with van der Waals surface area (Å²) in [6.45, 7) is 7.26. The van der Waals surface area contributed by atoms with Gasteiger partial charge in [0, 0.05) is 71.6 Å². The van der Waals surface area contributed by atoms with Crippen molar-refractivity contribution < 1.29 is 4.74 Å². The van der Waals surface area contributed by atoms with E-state index in [4.69, 9.17) is 4.74 Å². The third-order valence-corrected chi connectivity index (χ3v) is 4.86. The van der Waals surface area contributed by atoms with Crippen molar-refractivity contribution in [1.82, 2.24) is 24.0 Å². The van der Waals surface area contributed by atoms with E-state index in [-0.39, 0.29) is 11.7 Å². The van der Waals surface area contributed by atoms with Crippen LogP contribution in [0.1, 0.15) is 12.2 Å². The Morgan fingerprint density at radius 3 is 2.85 bits per heavy atom. The Hall–Kier alpha value is -2.19. The van der Waals surface area contributed by atoms with Crippen molar-refractivity contribution in [1.29, 1.82) is 0 Å². The Kier molecular flexibility index (Phi) is 6.05. The Bertz CT molecular complexity index is 771. The lowest BCUT2D eigenvalue weighted by molar-refractivity contribution is -0.0241. The number of anilines is 1. The van der Waals surface area contributed by atoms with Crippen molar-refractivity contribution in [2.75, 3.05) is 44.7 Å². The molecule has 3 heterocycles. The lowest BCUT2D eigenvalue weighted by Crippen LogP contribution is -2.48. The van der Waals surface area contributed by atoms with Crippen LogP contribution in [0.2, 0.25) is 0 Å². The van der Waals surface area contributed by atoms with Crippen LogP contribution in [0.5, 0.6) is 0 Å². The first kappa shape index (κ1) is 18.6. The van der Waals surface area contributed by atoms with Crippen molar-refractivity contribution in [3.8, 4) is 0 Å². The molecule has 2 aromatic heterocycles. The minimum absolute atomic E-state index is 0.0791. The van der Waals surface area contributed by atoms with Crippen LogP contribution in [0.4, 0.5) is 5.82 Å². The van der Waals surface area contributed by atoms with Gasteiger partial charge in [0.2, 0.25) is 0 Å². The molecule has 0 N–H and O–H groups in total. The number of hydrogen-bond donors (Lipinski definition) is 0. The zero-order chi connectivity index (χ0) is 18.5. The average molecular weight is 360 g/mol. The van der Waals surface area contributed by atoms with Gasteiger partial charge in [-0.1, -0.05) is 0 Å². The van der Waals surface area contributed by atoms with Crippen molar-refractivity contribution >= 4 is 5.82 Å². The lowest BCUT2D eigenvalue weighted by Gasteiger charge is -2.35. The molecular weight excluding hydrogens is 332 g/mol. The van der Waals surface area contributed by atoms with Crippen LogP contribution in [0.15, 0.2) is 29.6 Å². The molecule has 8 heteroatoms. The number of ether oxygens (including phenoxy) is 1. The number of imidazole rings is 1. The smallest absolute Gasteiger partial charge is 0.293 e. The summed E-state index contributed by atoms with van der Waals surface area (Å²) in [6.07, 6.45) is 8.35. The maximum atomic E-state index is 12.2. The predicted molar refractivity (Wildman–Crippen MR) is 101 cm³/mol. The first-order valence-corrected chi connectivity index (χ1v) is 9.09. The normalized spacial score (nSPS) is 18.2. The molecule has 26 heavy (non-hydrogen) atoms. The van der Waals surface area contributed by atoms with Crippen molar-refractivity contribution in [2.24, 2.45) is 7.05 Å². The predicted octanol–water partition coefficient (Wildman–Crippen LogP) is 0.513. The second-order valence-corrected chi connectivity index (χ2v) is 6.86. The minimum Gasteiger partial charge on any atom is -0.374 e. The molecule has 0 amide bonds. The third kappa shape index (κ3) is 4.50. The quantitative estimate of drug-likeness (QED) is 0.717. The zero-order valence-electron chi connectivity index (χ0n) is 15.8. The van der Waals surface area contributed by atoms with E-state index in [1.54, 1.807) is 24.0 Å². The maximum absolute atomic E-state index is 12.2. The summed E-state index contributed by atoms with van der Waals surface area (Å²) in [4.78, 5) is 25.0. The van der Waals surface area contributed by atoms with Crippen molar-refractivity contribution in [3.63, 3.8) is 0 Å². The molecule has 8 nitrogen and oxygen atoms in total. The fraction of sp³-hybridized carbons (Fsp3) is 0.611. The highest BCUT2D eigenvalue weighted by Gasteiger charge is 2.22. The van der Waals surface area contributed by atoms with Crippen LogP contribution in [-0.2, 0) is 18.3 Å². The highest BCUT2D eigenvalue weighted by molar-refractivity contribution is 5.34. The van der Waals surface area contributed by atoms with Gasteiger partial charge >= 0.3 is 0 Å². The van der Waals surface area contributed by atoms with E-state index in [0.717, 1.165) is 45.0 Å². The molecule has 0 aromatic carbocycles. The molecule has 0 radical (unpaired) electrons. The van der Waals surface area contributed by atoms with E-state index in [2.05, 4.69) is 19.4 Å². The number of hydrogen-bond acceptors (Lipinski definition) is 6. The Labute approximate surface area is 154 Å². The SMILES string of the molecule is Cc1nccn1CCCN1CCO[C@H](CN(C)c2nccn(C)c2=O)C1. The Balaban J connectivity index is 1.49. The molecule has 0 bridgehead atoms. The van der Waals surface area contributed by atoms with Gasteiger partial charge in [-0.2, -0.15) is 0 Å². The Morgan fingerprint density at radius 2 is 2.08 bits per heavy atom. The van der Waals surface area contributed by atoms with Gasteiger partial charge in [0.1, 0.15) is 5.82 Å². The summed E-state index contributed by atoms with van der Waals surface area (Å²) in [5.41, 5.74) is -0.0848. The molecule has 1 saturated heterocycles. The van der Waals surface area contributed by atoms with Crippen LogP contribution >= 0.6 is 0 Å². The molecule has 2 aromatic rings. The monoisotopic (exact) mass is 360 g/mol. The van der Waals surface area contributed by atoms with E-state index in [1.165, 1.54) is 0 Å². The van der Waals surface area contributed by atoms with Crippen LogP contribution < -0.4 is 10.5 Å². The van der Waals surface area contributed by atoms with Gasteiger partial charge in [-0.15, -0.1) is 0 Å². The number of rotatable bonds is 7. The molecule has 0 aliphatic carbocycles. The first-order chi connectivity index (χ1) is 12.5. The zero-order valence-corrected chi connectivity index (χ0v) is 15.8. The summed E-state index contributed by atoms with van der Waals surface area (Å²) in [5, 5.41) is 0. The van der Waals surface area contributed by atoms with Gasteiger partial charge in [-0.3, -0.25) is 9.69 Å². The number of morpholine rings is 1. The van der Waals surface area contributed by atoms with Gasteiger partial charge in [0.15, 0.2) is 5.82 Å². The Morgan fingerprint density at radius 1 is 1.27 bits per heavy atom. The summed E-state index contributed by atoms with van der Waals surface area (Å²) < 4.78 is 9.64. The largest absolute Gasteiger partial charge is 0.374 e. The molecule has 0 saturated carbocycles. The second-order valence-electron chi connectivity index (χ2n) is 6.86. The first-order valence-electron chi connectivity index (χ1n) is 9.09. The van der Waals surface area contributed by atoms with E-state index < -0.39 is 0 Å². The maximum Gasteiger partial charge on any atom is 0.293 e. The van der Waals surface area contributed by atoms with Gasteiger partial charge in [0.05, 0.1) is 12.7 Å². The van der Waals surface area contributed by atoms with E-state index in [9.17, 15) is 4.79 Å². The molecule has 0 spiro atoms. The summed E-state index contributed by atoms with van der Waals surface area (Å²) in [5.74, 6) is 1.52. The third-order valence-electron chi connectivity index (χ3n) is 4.86. The molecule has 3 rings (SSSR count). The lowest BCUT2D eigenvalue weighted by atomic mass is 10.2. The van der Waals surface area contributed by atoms with E-state index >= 15 is 0 Å². The van der Waals surface area contributed by atoms with E-state index in [1.807, 2.05) is 31.3 Å². The number of aromatic nitrogens is 4. The summed E-state index contributed by atoms with van der Waals surface area (Å²) >= 11 is 0. The standard InChI is InChI=1S/C18H28N6O2/c1-15-19-6-10-24(15)8-4-7-23-11-12-26-16(14-23)13-22(3)17-18(25)21(2)9-5-20-17/h5-6,9-10,16H,4,7-8,11-14H2,1-3H3/t16-/m1/s1. The highest BCUT2D eigenvalue weighted by atomic mass is 16.5. The number of likely N-dealkylation sites (N-methyl/N-ethyl adjacent to an activating group) is 1. The average Bonchev–Trinajstić information content (AvgIpc) is 3.03. The second kappa shape index (κ2) is 8.46. The molecule has 142 valence electrons. The molecular formula is C18H28N6O2. The highest BCUT2D eigenvalue weighted by Crippen LogP contribution is 2.10. The van der Waals surface area contributed by atoms with Gasteiger partial charge in [0.25, 0.3) is 5.56 Å². The van der Waals surface area contributed by atoms with Crippen LogP contribution in [0.25, 0.3) is 0 Å². The molecule has 1 aliphatic heterocycles. The van der Waals surface area contributed by atoms with Gasteiger partial charge < -0.3 is 18.8 Å². The van der Waals surface area contributed by atoms with Crippen molar-refractivity contribution in [2.45, 2.75) is 26.0 Å². The fourth-order valence-electron chi connectivity index (χ4n) is 3.34. The van der Waals surface area contributed by atoms with Gasteiger partial charge in [-0.25, -0.2) is 9.97 Å². The van der Waals surface area contributed by atoms with Crippen LogP contribution in [0.3, 0.4) is 0 Å². The molecule has 1 atom stereocenters. The number of aryl methyl sites for hydroxylation is 3. The topological polar surface area (TPSA) is 68.4 Å². The molecule has 1 aliphatic rings. The summed E-state index contributed by atoms with van der Waals surface area (Å²) in [6, 6.07) is 0. The van der Waals surface area contributed by atoms with Crippen LogP contribution in [-0.4, -0.2) is 69.9 Å². The van der Waals surface area contributed by atoms with Gasteiger partial charge in [-0.05, 0) is 13.3 Å². The van der Waals surface area contributed by atoms with Crippen molar-refractivity contribution in [3.05, 3.63) is 41.0 Å². The fourth-order valence-corrected chi connectivity index (χ4v) is 3.34. The molecule has 0 unspecified atom stereocenters. The van der Waals surface area contributed by atoms with E-state index in [0.29, 0.717) is 12.4 Å². The minimum atomic E-state index is -0.0848. The van der Waals surface area contributed by atoms with Crippen LogP contribution in [0, 0.1) is 6.92 Å². The summed E-state index contributed by atoms with van der Waals surface area (Å²) in [7, 11) is 3.63. The number of nitrogens with zero attached hydrogens (tertiary/aromatic N) is 6.